The van der Waals surface area contributed by atoms with Crippen molar-refractivity contribution in [1.82, 2.24) is 15.2 Å². The van der Waals surface area contributed by atoms with E-state index in [2.05, 4.69) is 20.1 Å². The van der Waals surface area contributed by atoms with Crippen molar-refractivity contribution in [2.45, 2.75) is 25.7 Å². The fourth-order valence-electron chi connectivity index (χ4n) is 2.11. The van der Waals surface area contributed by atoms with Gasteiger partial charge >= 0.3 is 0 Å². The molecule has 2 aromatic rings. The fraction of sp³-hybridized carbons (Fsp3) is 0.545. The molecular weight excluding hydrogens is 266 g/mol. The number of anilines is 2. The summed E-state index contributed by atoms with van der Waals surface area (Å²) in [6, 6.07) is 0. The van der Waals surface area contributed by atoms with Crippen molar-refractivity contribution in [1.29, 1.82) is 0 Å². The number of thiazole rings is 1. The molecule has 1 aliphatic rings. The third-order valence-corrected chi connectivity index (χ3v) is 4.70. The second-order valence-electron chi connectivity index (χ2n) is 4.36. The summed E-state index contributed by atoms with van der Waals surface area (Å²) < 4.78 is 0. The Balaban J connectivity index is 1.80. The molecule has 3 rings (SSSR count). The molecule has 1 saturated heterocycles. The van der Waals surface area contributed by atoms with Crippen LogP contribution in [-0.4, -0.2) is 28.3 Å². The monoisotopic (exact) mass is 281 g/mol. The number of nitrogen functional groups attached to an aromatic ring is 1. The van der Waals surface area contributed by atoms with Gasteiger partial charge in [-0.25, -0.2) is 4.98 Å². The minimum absolute atomic E-state index is 0.495. The Morgan fingerprint density at radius 3 is 2.56 bits per heavy atom. The molecule has 0 unspecified atom stereocenters. The predicted molar refractivity (Wildman–Crippen MR) is 76.1 cm³/mol. The zero-order valence-corrected chi connectivity index (χ0v) is 11.6. The molecule has 5 nitrogen and oxygen atoms in total. The molecule has 2 N–H and O–H groups in total. The van der Waals surface area contributed by atoms with E-state index in [-0.39, 0.29) is 0 Å². The number of aromatic nitrogens is 3. The van der Waals surface area contributed by atoms with Gasteiger partial charge in [0.1, 0.15) is 5.69 Å². The Bertz CT molecular complexity index is 513. The maximum absolute atomic E-state index is 5.60. The van der Waals surface area contributed by atoms with Gasteiger partial charge in [0.25, 0.3) is 0 Å². The van der Waals surface area contributed by atoms with E-state index in [1.165, 1.54) is 37.0 Å². The van der Waals surface area contributed by atoms with Gasteiger partial charge in [-0.15, -0.1) is 21.5 Å². The summed E-state index contributed by atoms with van der Waals surface area (Å²) in [7, 11) is 0. The Labute approximate surface area is 114 Å². The first-order chi connectivity index (χ1) is 8.83. The summed E-state index contributed by atoms with van der Waals surface area (Å²) in [6.45, 7) is 2.23. The molecule has 0 aromatic carbocycles. The Hall–Kier alpha value is -1.21. The van der Waals surface area contributed by atoms with E-state index in [1.807, 2.05) is 5.38 Å². The average Bonchev–Trinajstić information content (AvgIpc) is 2.92. The van der Waals surface area contributed by atoms with Crippen LogP contribution in [0.2, 0.25) is 0 Å². The van der Waals surface area contributed by atoms with Crippen molar-refractivity contribution in [3.8, 4) is 10.7 Å². The predicted octanol–water partition coefficient (Wildman–Crippen LogP) is 2.62. The van der Waals surface area contributed by atoms with Gasteiger partial charge < -0.3 is 10.6 Å². The van der Waals surface area contributed by atoms with Crippen LogP contribution < -0.4 is 10.6 Å². The topological polar surface area (TPSA) is 67.9 Å². The molecule has 0 amide bonds. The van der Waals surface area contributed by atoms with E-state index < -0.39 is 0 Å². The van der Waals surface area contributed by atoms with E-state index in [4.69, 9.17) is 5.73 Å². The average molecular weight is 281 g/mol. The van der Waals surface area contributed by atoms with Crippen molar-refractivity contribution in [2.24, 2.45) is 0 Å². The van der Waals surface area contributed by atoms with E-state index in [1.54, 1.807) is 11.3 Å². The van der Waals surface area contributed by atoms with Crippen LogP contribution in [0, 0.1) is 0 Å². The number of rotatable bonds is 2. The lowest BCUT2D eigenvalue weighted by Crippen LogP contribution is -2.23. The highest BCUT2D eigenvalue weighted by Crippen LogP contribution is 2.30. The van der Waals surface area contributed by atoms with Gasteiger partial charge in [-0.1, -0.05) is 24.2 Å². The largest absolute Gasteiger partial charge is 0.374 e. The third-order valence-electron chi connectivity index (χ3n) is 3.03. The Kier molecular flexibility index (Phi) is 3.42. The maximum atomic E-state index is 5.60. The van der Waals surface area contributed by atoms with Crippen LogP contribution in [0.5, 0.6) is 0 Å². The molecule has 0 atom stereocenters. The van der Waals surface area contributed by atoms with Crippen LogP contribution in [0.15, 0.2) is 5.38 Å². The zero-order valence-electron chi connectivity index (χ0n) is 10.0. The summed E-state index contributed by atoms with van der Waals surface area (Å²) in [5.41, 5.74) is 6.49. The lowest BCUT2D eigenvalue weighted by atomic mass is 10.2. The van der Waals surface area contributed by atoms with Gasteiger partial charge in [0.15, 0.2) is 10.1 Å². The Morgan fingerprint density at radius 2 is 1.89 bits per heavy atom. The van der Waals surface area contributed by atoms with Crippen LogP contribution in [0.1, 0.15) is 25.7 Å². The normalized spacial score (nSPS) is 16.8. The van der Waals surface area contributed by atoms with Gasteiger partial charge in [-0.3, -0.25) is 0 Å². The Morgan fingerprint density at radius 1 is 1.11 bits per heavy atom. The first-order valence-electron chi connectivity index (χ1n) is 6.13. The van der Waals surface area contributed by atoms with Gasteiger partial charge in [0.2, 0.25) is 5.13 Å². The summed E-state index contributed by atoms with van der Waals surface area (Å²) in [4.78, 5) is 7.04. The van der Waals surface area contributed by atoms with Crippen LogP contribution >= 0.6 is 22.7 Å². The van der Waals surface area contributed by atoms with Crippen LogP contribution in [0.3, 0.4) is 0 Å². The molecule has 18 heavy (non-hydrogen) atoms. The van der Waals surface area contributed by atoms with E-state index in [0.29, 0.717) is 5.13 Å². The van der Waals surface area contributed by atoms with Crippen LogP contribution in [0.4, 0.5) is 10.3 Å². The first kappa shape index (κ1) is 11.9. The van der Waals surface area contributed by atoms with Crippen LogP contribution in [0.25, 0.3) is 10.7 Å². The minimum Gasteiger partial charge on any atom is -0.374 e. The van der Waals surface area contributed by atoms with Gasteiger partial charge in [0.05, 0.1) is 0 Å². The van der Waals surface area contributed by atoms with Gasteiger partial charge in [0, 0.05) is 18.5 Å². The highest BCUT2D eigenvalue weighted by molar-refractivity contribution is 7.19. The second-order valence-corrected chi connectivity index (χ2v) is 6.21. The summed E-state index contributed by atoms with van der Waals surface area (Å²) >= 11 is 3.07. The number of hydrogen-bond donors (Lipinski definition) is 1. The molecule has 0 spiro atoms. The van der Waals surface area contributed by atoms with E-state index in [0.717, 1.165) is 28.9 Å². The van der Waals surface area contributed by atoms with Gasteiger partial charge in [-0.2, -0.15) is 0 Å². The van der Waals surface area contributed by atoms with E-state index in [9.17, 15) is 0 Å². The first-order valence-corrected chi connectivity index (χ1v) is 7.82. The van der Waals surface area contributed by atoms with E-state index >= 15 is 0 Å². The van der Waals surface area contributed by atoms with Crippen molar-refractivity contribution in [3.05, 3.63) is 5.38 Å². The highest BCUT2D eigenvalue weighted by Gasteiger charge is 2.15. The number of hydrogen-bond acceptors (Lipinski definition) is 7. The molecule has 96 valence electrons. The molecule has 2 aromatic heterocycles. The molecule has 7 heteroatoms. The standard InChI is InChI=1S/C11H15N5S2/c12-10-15-14-9(18-10)8-7-17-11(13-8)16-5-3-1-2-4-6-16/h7H,1-6H2,(H2,12,15). The third kappa shape index (κ3) is 2.46. The lowest BCUT2D eigenvalue weighted by Gasteiger charge is -2.18. The second kappa shape index (κ2) is 5.19. The smallest absolute Gasteiger partial charge is 0.203 e. The van der Waals surface area contributed by atoms with Crippen molar-refractivity contribution in [2.75, 3.05) is 23.7 Å². The highest BCUT2D eigenvalue weighted by atomic mass is 32.1. The quantitative estimate of drug-likeness (QED) is 0.916. The van der Waals surface area contributed by atoms with Gasteiger partial charge in [-0.05, 0) is 12.8 Å². The summed E-state index contributed by atoms with van der Waals surface area (Å²) in [6.07, 6.45) is 5.20. The van der Waals surface area contributed by atoms with Crippen molar-refractivity contribution >= 4 is 32.9 Å². The lowest BCUT2D eigenvalue weighted by molar-refractivity contribution is 0.726. The molecule has 1 aliphatic heterocycles. The molecule has 1 fully saturated rings. The molecule has 0 saturated carbocycles. The number of nitrogens with zero attached hydrogens (tertiary/aromatic N) is 4. The minimum atomic E-state index is 0.495. The SMILES string of the molecule is Nc1nnc(-c2csc(N3CCCCCC3)n2)s1. The number of nitrogens with two attached hydrogens (primary N) is 1. The summed E-state index contributed by atoms with van der Waals surface area (Å²) in [5, 5.41) is 12.3. The fourth-order valence-corrected chi connectivity index (χ4v) is 3.62. The molecule has 3 heterocycles. The zero-order chi connectivity index (χ0) is 12.4. The maximum Gasteiger partial charge on any atom is 0.203 e. The molecular formula is C11H15N5S2. The van der Waals surface area contributed by atoms with Crippen molar-refractivity contribution < 1.29 is 0 Å². The van der Waals surface area contributed by atoms with Crippen LogP contribution in [-0.2, 0) is 0 Å². The molecule has 0 aliphatic carbocycles. The summed E-state index contributed by atoms with van der Waals surface area (Å²) in [5.74, 6) is 0. The van der Waals surface area contributed by atoms with Crippen molar-refractivity contribution in [3.63, 3.8) is 0 Å². The molecule has 0 radical (unpaired) electrons. The molecule has 0 bridgehead atoms.